The molecule has 0 fully saturated rings. The maximum absolute atomic E-state index is 5.94. The average Bonchev–Trinajstić information content (AvgIpc) is 2.11. The number of rotatable bonds is 3. The minimum atomic E-state index is 0.724. The number of hydrogen-bond donors (Lipinski definition) is 1. The summed E-state index contributed by atoms with van der Waals surface area (Å²) in [6.45, 7) is 0. The van der Waals surface area contributed by atoms with Crippen molar-refractivity contribution >= 4 is 40.7 Å². The summed E-state index contributed by atoms with van der Waals surface area (Å²) in [6.07, 6.45) is 1.85. The SMILES string of the molecule is Nc1ccc(Cl)c(SC/C=C/Cl)c1. The highest BCUT2D eigenvalue weighted by Crippen LogP contribution is 2.28. The quantitative estimate of drug-likeness (QED) is 0.636. The summed E-state index contributed by atoms with van der Waals surface area (Å²) in [5, 5.41) is 0.724. The molecule has 70 valence electrons. The van der Waals surface area contributed by atoms with Crippen LogP contribution in [0.15, 0.2) is 34.7 Å². The molecule has 0 bridgehead atoms. The molecule has 2 N–H and O–H groups in total. The maximum Gasteiger partial charge on any atom is 0.0543 e. The van der Waals surface area contributed by atoms with Gasteiger partial charge in [0.05, 0.1) is 5.02 Å². The van der Waals surface area contributed by atoms with E-state index in [1.54, 1.807) is 23.9 Å². The molecule has 0 unspecified atom stereocenters. The van der Waals surface area contributed by atoms with Crippen LogP contribution >= 0.6 is 35.0 Å². The van der Waals surface area contributed by atoms with E-state index in [0.717, 1.165) is 21.4 Å². The van der Waals surface area contributed by atoms with Gasteiger partial charge in [-0.05, 0) is 18.2 Å². The Labute approximate surface area is 91.9 Å². The molecule has 0 aliphatic rings. The van der Waals surface area contributed by atoms with Gasteiger partial charge in [-0.15, -0.1) is 11.8 Å². The van der Waals surface area contributed by atoms with Gasteiger partial charge < -0.3 is 5.73 Å². The lowest BCUT2D eigenvalue weighted by Gasteiger charge is -2.02. The molecule has 0 spiro atoms. The number of nitrogen functional groups attached to an aromatic ring is 1. The lowest BCUT2D eigenvalue weighted by molar-refractivity contribution is 1.46. The van der Waals surface area contributed by atoms with Gasteiger partial charge in [0.25, 0.3) is 0 Å². The molecule has 0 atom stereocenters. The lowest BCUT2D eigenvalue weighted by atomic mass is 10.3. The molecule has 1 aromatic rings. The van der Waals surface area contributed by atoms with E-state index in [0.29, 0.717) is 0 Å². The molecule has 1 aromatic carbocycles. The summed E-state index contributed by atoms with van der Waals surface area (Å²) in [4.78, 5) is 0.983. The zero-order valence-corrected chi connectivity index (χ0v) is 9.16. The van der Waals surface area contributed by atoms with Gasteiger partial charge in [-0.1, -0.05) is 29.3 Å². The van der Waals surface area contributed by atoms with E-state index >= 15 is 0 Å². The first kappa shape index (κ1) is 10.8. The third-order valence-corrected chi connectivity index (χ3v) is 3.01. The van der Waals surface area contributed by atoms with Crippen LogP contribution in [0.3, 0.4) is 0 Å². The molecule has 0 saturated heterocycles. The van der Waals surface area contributed by atoms with Crippen molar-refractivity contribution in [2.75, 3.05) is 11.5 Å². The van der Waals surface area contributed by atoms with Crippen molar-refractivity contribution in [3.63, 3.8) is 0 Å². The molecular formula is C9H9Cl2NS. The van der Waals surface area contributed by atoms with Crippen LogP contribution in [0.2, 0.25) is 5.02 Å². The van der Waals surface area contributed by atoms with E-state index in [-0.39, 0.29) is 0 Å². The fraction of sp³-hybridized carbons (Fsp3) is 0.111. The van der Waals surface area contributed by atoms with Gasteiger partial charge >= 0.3 is 0 Å². The topological polar surface area (TPSA) is 26.0 Å². The molecule has 13 heavy (non-hydrogen) atoms. The van der Waals surface area contributed by atoms with Crippen molar-refractivity contribution in [2.24, 2.45) is 0 Å². The van der Waals surface area contributed by atoms with Crippen LogP contribution < -0.4 is 5.73 Å². The second-order valence-electron chi connectivity index (χ2n) is 2.36. The van der Waals surface area contributed by atoms with E-state index < -0.39 is 0 Å². The first-order valence-corrected chi connectivity index (χ1v) is 5.47. The summed E-state index contributed by atoms with van der Waals surface area (Å²) >= 11 is 12.9. The normalized spacial score (nSPS) is 10.9. The highest BCUT2D eigenvalue weighted by molar-refractivity contribution is 7.99. The van der Waals surface area contributed by atoms with Gasteiger partial charge in [0.15, 0.2) is 0 Å². The number of anilines is 1. The smallest absolute Gasteiger partial charge is 0.0543 e. The number of benzene rings is 1. The summed E-state index contributed by atoms with van der Waals surface area (Å²) in [5.41, 5.74) is 7.83. The number of halogens is 2. The molecular weight excluding hydrogens is 225 g/mol. The van der Waals surface area contributed by atoms with Crippen molar-refractivity contribution in [2.45, 2.75) is 4.90 Å². The molecule has 0 amide bonds. The van der Waals surface area contributed by atoms with Crippen LogP contribution in [0.1, 0.15) is 0 Å². The van der Waals surface area contributed by atoms with Gasteiger partial charge in [-0.25, -0.2) is 0 Å². The summed E-state index contributed by atoms with van der Waals surface area (Å²) < 4.78 is 0. The van der Waals surface area contributed by atoms with E-state index in [1.807, 2.05) is 12.1 Å². The molecule has 1 nitrogen and oxygen atoms in total. The van der Waals surface area contributed by atoms with Crippen molar-refractivity contribution < 1.29 is 0 Å². The lowest BCUT2D eigenvalue weighted by Crippen LogP contribution is -1.85. The van der Waals surface area contributed by atoms with E-state index in [2.05, 4.69) is 0 Å². The van der Waals surface area contributed by atoms with Crippen LogP contribution in [0, 0.1) is 0 Å². The Morgan fingerprint density at radius 3 is 2.92 bits per heavy atom. The van der Waals surface area contributed by atoms with Crippen LogP contribution in [0.5, 0.6) is 0 Å². The highest BCUT2D eigenvalue weighted by atomic mass is 35.5. The molecule has 0 aromatic heterocycles. The zero-order valence-electron chi connectivity index (χ0n) is 6.84. The molecule has 4 heteroatoms. The minimum Gasteiger partial charge on any atom is -0.399 e. The van der Waals surface area contributed by atoms with Crippen molar-refractivity contribution in [1.29, 1.82) is 0 Å². The second kappa shape index (κ2) is 5.43. The van der Waals surface area contributed by atoms with Gasteiger partial charge in [0, 0.05) is 21.9 Å². The first-order chi connectivity index (χ1) is 6.24. The van der Waals surface area contributed by atoms with Crippen LogP contribution in [0.25, 0.3) is 0 Å². The minimum absolute atomic E-state index is 0.724. The predicted octanol–water partition coefficient (Wildman–Crippen LogP) is 3.77. The van der Waals surface area contributed by atoms with Gasteiger partial charge in [-0.2, -0.15) is 0 Å². The van der Waals surface area contributed by atoms with Gasteiger partial charge in [0.1, 0.15) is 0 Å². The monoisotopic (exact) mass is 233 g/mol. The Kier molecular flexibility index (Phi) is 4.50. The Morgan fingerprint density at radius 1 is 1.46 bits per heavy atom. The standard InChI is InChI=1S/C9H9Cl2NS/c10-4-1-5-13-9-6-7(12)2-3-8(9)11/h1-4,6H,5,12H2/b4-1+. The molecule has 0 saturated carbocycles. The van der Waals surface area contributed by atoms with Gasteiger partial charge in [0.2, 0.25) is 0 Å². The number of hydrogen-bond acceptors (Lipinski definition) is 2. The Balaban J connectivity index is 2.69. The van der Waals surface area contributed by atoms with Crippen molar-refractivity contribution in [3.8, 4) is 0 Å². The third kappa shape index (κ3) is 3.51. The summed E-state index contributed by atoms with van der Waals surface area (Å²) in [5.74, 6) is 0.798. The first-order valence-electron chi connectivity index (χ1n) is 3.67. The summed E-state index contributed by atoms with van der Waals surface area (Å²) in [6, 6.07) is 5.43. The third-order valence-electron chi connectivity index (χ3n) is 1.38. The fourth-order valence-electron chi connectivity index (χ4n) is 0.805. The molecule has 0 aliphatic heterocycles. The average molecular weight is 234 g/mol. The maximum atomic E-state index is 5.94. The number of thioether (sulfide) groups is 1. The van der Waals surface area contributed by atoms with E-state index in [9.17, 15) is 0 Å². The second-order valence-corrected chi connectivity index (χ2v) is 4.08. The Bertz CT molecular complexity index is 312. The van der Waals surface area contributed by atoms with E-state index in [4.69, 9.17) is 28.9 Å². The molecule has 0 heterocycles. The Hall–Kier alpha value is -0.310. The zero-order chi connectivity index (χ0) is 9.68. The van der Waals surface area contributed by atoms with Crippen LogP contribution in [-0.2, 0) is 0 Å². The molecule has 0 aliphatic carbocycles. The molecule has 1 rings (SSSR count). The fourth-order valence-corrected chi connectivity index (χ4v) is 2.08. The number of nitrogens with two attached hydrogens (primary N) is 1. The van der Waals surface area contributed by atoms with Crippen molar-refractivity contribution in [3.05, 3.63) is 34.8 Å². The molecule has 0 radical (unpaired) electrons. The van der Waals surface area contributed by atoms with Gasteiger partial charge in [-0.3, -0.25) is 0 Å². The van der Waals surface area contributed by atoms with Crippen molar-refractivity contribution in [1.82, 2.24) is 0 Å². The van der Waals surface area contributed by atoms with Crippen LogP contribution in [-0.4, -0.2) is 5.75 Å². The highest BCUT2D eigenvalue weighted by Gasteiger charge is 1.99. The van der Waals surface area contributed by atoms with Crippen LogP contribution in [0.4, 0.5) is 5.69 Å². The summed E-state index contributed by atoms with van der Waals surface area (Å²) in [7, 11) is 0. The van der Waals surface area contributed by atoms with E-state index in [1.165, 1.54) is 5.54 Å². The Morgan fingerprint density at radius 2 is 2.23 bits per heavy atom. The largest absolute Gasteiger partial charge is 0.399 e. The predicted molar refractivity (Wildman–Crippen MR) is 61.6 cm³/mol.